The van der Waals surface area contributed by atoms with Gasteiger partial charge in [-0.25, -0.2) is 18.7 Å². The molecule has 368 valence electrons. The molecule has 2 heterocycles. The second kappa shape index (κ2) is 31.0. The average molecular weight is 1120 g/mol. The third kappa shape index (κ3) is 17.5. The van der Waals surface area contributed by atoms with Gasteiger partial charge in [0.05, 0.1) is 43.4 Å². The van der Waals surface area contributed by atoms with Crippen molar-refractivity contribution >= 4 is 105 Å². The Morgan fingerprint density at radius 2 is 0.944 bits per heavy atom. The minimum atomic E-state index is -1.35. The molecule has 0 radical (unpaired) electrons. The molecule has 20 heteroatoms. The van der Waals surface area contributed by atoms with E-state index in [0.717, 1.165) is 35.5 Å². The minimum Gasteiger partial charge on any atom is -0.545 e. The van der Waals surface area contributed by atoms with Gasteiger partial charge < -0.3 is 29.3 Å². The van der Waals surface area contributed by atoms with Gasteiger partial charge in [0.25, 0.3) is 0 Å². The number of hydrogen-bond donors (Lipinski definition) is 0. The van der Waals surface area contributed by atoms with E-state index < -0.39 is 23.5 Å². The number of thiazole rings is 2. The summed E-state index contributed by atoms with van der Waals surface area (Å²) in [5.41, 5.74) is 3.29. The van der Waals surface area contributed by atoms with Crippen molar-refractivity contribution in [2.24, 2.45) is 0 Å². The van der Waals surface area contributed by atoms with E-state index in [9.17, 15) is 29.4 Å². The van der Waals surface area contributed by atoms with Crippen LogP contribution >= 0.6 is 69.1 Å². The van der Waals surface area contributed by atoms with Gasteiger partial charge in [0.2, 0.25) is 11.6 Å². The van der Waals surface area contributed by atoms with Crippen LogP contribution in [0, 0.1) is 11.6 Å². The van der Waals surface area contributed by atoms with Crippen molar-refractivity contribution in [3.05, 3.63) is 158 Å². The third-order valence-corrected chi connectivity index (χ3v) is 13.3. The van der Waals surface area contributed by atoms with Crippen LogP contribution < -0.4 is 69.3 Å². The number of ketones is 2. The number of hydrogen-bond acceptors (Lipinski definition) is 12. The molecule has 6 rings (SSSR count). The number of rotatable bonds is 22. The first-order valence-corrected chi connectivity index (χ1v) is 25.2. The summed E-state index contributed by atoms with van der Waals surface area (Å²) in [4.78, 5) is 56.7. The molecule has 0 spiro atoms. The van der Waals surface area contributed by atoms with Crippen LogP contribution in [0.4, 0.5) is 8.78 Å². The summed E-state index contributed by atoms with van der Waals surface area (Å²) in [5, 5.41) is 26.0. The van der Waals surface area contributed by atoms with E-state index in [1.165, 1.54) is 50.3 Å². The van der Waals surface area contributed by atoms with E-state index in [0.29, 0.717) is 85.8 Å². The maximum Gasteiger partial charge on any atom is 1.00 e. The first kappa shape index (κ1) is 63.1. The van der Waals surface area contributed by atoms with Crippen LogP contribution in [-0.4, -0.2) is 59.9 Å². The van der Waals surface area contributed by atoms with Crippen LogP contribution in [0.3, 0.4) is 0 Å². The maximum atomic E-state index is 15.1. The molecule has 0 unspecified atom stereocenters. The SMILES string of the molecule is CCCOCCCc1cccc(-c2csc(C(=O)c3cc(Cl)c(C=C(C)C(=O)[O-])c(Cl)c3)n2)c1F.CCCOCCCc1cccc(-c2csc(C(=O)c3cc(Cl)c(C=C(C)C(=O)[O-])c(Cl)c3)n2)c1F.[Na+].[Na+]. The van der Waals surface area contributed by atoms with Gasteiger partial charge in [-0.1, -0.05) is 84.5 Å². The summed E-state index contributed by atoms with van der Waals surface area (Å²) in [5.74, 6) is -4.29. The number of aliphatic carboxylic acids is 2. The van der Waals surface area contributed by atoms with Crippen LogP contribution in [0.5, 0.6) is 0 Å². The van der Waals surface area contributed by atoms with Gasteiger partial charge >= 0.3 is 59.1 Å². The number of halogens is 6. The number of carbonyl (C=O) groups excluding carboxylic acids is 4. The molecule has 0 aliphatic heterocycles. The van der Waals surface area contributed by atoms with Crippen LogP contribution in [-0.2, 0) is 31.9 Å². The smallest absolute Gasteiger partial charge is 0.545 e. The van der Waals surface area contributed by atoms with E-state index in [-0.39, 0.29) is 134 Å². The number of benzene rings is 4. The van der Waals surface area contributed by atoms with Crippen molar-refractivity contribution in [3.8, 4) is 22.5 Å². The Morgan fingerprint density at radius 3 is 1.26 bits per heavy atom. The topological polar surface area (TPSA) is 159 Å². The van der Waals surface area contributed by atoms with Crippen molar-refractivity contribution in [3.63, 3.8) is 0 Å². The summed E-state index contributed by atoms with van der Waals surface area (Å²) in [6, 6.07) is 15.8. The van der Waals surface area contributed by atoms with E-state index in [4.69, 9.17) is 55.9 Å². The third-order valence-electron chi connectivity index (χ3n) is 10.3. The van der Waals surface area contributed by atoms with E-state index >= 15 is 8.78 Å². The summed E-state index contributed by atoms with van der Waals surface area (Å²) in [6.45, 7) is 9.29. The maximum absolute atomic E-state index is 15.1. The predicted molar refractivity (Wildman–Crippen MR) is 271 cm³/mol. The largest absolute Gasteiger partial charge is 1.00 e. The molecule has 0 saturated heterocycles. The molecule has 0 atom stereocenters. The molecular weight excluding hydrogens is 1070 g/mol. The Hall–Kier alpha value is -3.16. The van der Waals surface area contributed by atoms with Crippen molar-refractivity contribution in [2.45, 2.75) is 66.2 Å². The van der Waals surface area contributed by atoms with Crippen LogP contribution in [0.2, 0.25) is 20.1 Å². The van der Waals surface area contributed by atoms with Gasteiger partial charge in [0.1, 0.15) is 11.6 Å². The van der Waals surface area contributed by atoms with Gasteiger partial charge in [-0.3, -0.25) is 9.59 Å². The summed E-state index contributed by atoms with van der Waals surface area (Å²) >= 11 is 27.2. The Kier molecular flexibility index (Phi) is 27.2. The van der Waals surface area contributed by atoms with Crippen molar-refractivity contribution in [1.82, 2.24) is 9.97 Å². The van der Waals surface area contributed by atoms with E-state index in [1.807, 2.05) is 13.8 Å². The first-order valence-electron chi connectivity index (χ1n) is 21.9. The quantitative estimate of drug-likeness (QED) is 0.0342. The minimum absolute atomic E-state index is 0. The molecule has 2 aromatic heterocycles. The molecular formula is C52H46Cl4F2N2Na2O8S2. The molecule has 72 heavy (non-hydrogen) atoms. The van der Waals surface area contributed by atoms with Crippen molar-refractivity contribution in [1.29, 1.82) is 0 Å². The van der Waals surface area contributed by atoms with Crippen molar-refractivity contribution in [2.75, 3.05) is 26.4 Å². The van der Waals surface area contributed by atoms with Gasteiger partial charge in [-0.15, -0.1) is 22.7 Å². The fraction of sp³-hybridized carbons (Fsp3) is 0.269. The van der Waals surface area contributed by atoms with Crippen LogP contribution in [0.15, 0.2) is 82.6 Å². The molecule has 0 aliphatic carbocycles. The van der Waals surface area contributed by atoms with Gasteiger partial charge in [-0.2, -0.15) is 0 Å². The predicted octanol–water partition coefficient (Wildman–Crippen LogP) is 6.01. The fourth-order valence-corrected chi connectivity index (χ4v) is 9.42. The van der Waals surface area contributed by atoms with Gasteiger partial charge in [0, 0.05) is 70.6 Å². The van der Waals surface area contributed by atoms with Crippen LogP contribution in [0.25, 0.3) is 34.7 Å². The molecule has 0 fully saturated rings. The van der Waals surface area contributed by atoms with Crippen molar-refractivity contribution < 1.29 is 107 Å². The number of nitrogens with zero attached hydrogens (tertiary/aromatic N) is 2. The number of carboxylic acid groups (broad SMARTS) is 2. The Labute approximate surface area is 489 Å². The second-order valence-corrected chi connectivity index (χ2v) is 19.0. The van der Waals surface area contributed by atoms with Gasteiger partial charge in [0.15, 0.2) is 10.0 Å². The Morgan fingerprint density at radius 1 is 0.597 bits per heavy atom. The average Bonchev–Trinajstić information content (AvgIpc) is 4.03. The molecule has 0 amide bonds. The number of ether oxygens (including phenoxy) is 2. The normalized spacial score (nSPS) is 11.3. The molecule has 0 saturated carbocycles. The van der Waals surface area contributed by atoms with Crippen LogP contribution in [0.1, 0.15) is 106 Å². The number of aromatic nitrogens is 2. The first-order chi connectivity index (χ1) is 33.4. The molecule has 4 aromatic carbocycles. The number of aryl methyl sites for hydroxylation is 2. The summed E-state index contributed by atoms with van der Waals surface area (Å²) in [7, 11) is 0. The molecule has 0 N–H and O–H groups in total. The number of carboxylic acids is 2. The Bertz CT molecular complexity index is 2710. The summed E-state index contributed by atoms with van der Waals surface area (Å²) < 4.78 is 41.2. The number of carbonyl (C=O) groups is 4. The monoisotopic (exact) mass is 1110 g/mol. The molecule has 0 aliphatic rings. The fourth-order valence-electron chi connectivity index (χ4n) is 6.67. The standard InChI is InChI=1S/2C26H24Cl2FNO4S.2Na/c2*1-3-9-34-10-5-7-16-6-4-8-18(23(16)29)22-14-35-25(30-22)24(31)17-12-20(27)19(21(28)13-17)11-15(2)26(32)33;;/h2*4,6,8,11-14H,3,5,7,9-10H2,1-2H3,(H,32,33);;/q;;2*+1/p-2. The Balaban J connectivity index is 0.000000370. The zero-order valence-electron chi connectivity index (χ0n) is 40.4. The van der Waals surface area contributed by atoms with E-state index in [1.54, 1.807) is 47.2 Å². The molecule has 0 bridgehead atoms. The molecule has 10 nitrogen and oxygen atoms in total. The zero-order chi connectivity index (χ0) is 51.1. The molecule has 6 aromatic rings. The second-order valence-electron chi connectivity index (χ2n) is 15.7. The van der Waals surface area contributed by atoms with Gasteiger partial charge in [-0.05, 0) is 123 Å². The zero-order valence-corrected chi connectivity index (χ0v) is 49.1. The van der Waals surface area contributed by atoms with E-state index in [2.05, 4.69) is 9.97 Å². The summed E-state index contributed by atoms with van der Waals surface area (Å²) in [6.07, 6.45) is 6.92.